The second-order valence-electron chi connectivity index (χ2n) is 6.95. The van der Waals surface area contributed by atoms with Crippen molar-refractivity contribution in [2.24, 2.45) is 11.8 Å². The molecule has 0 bridgehead atoms. The summed E-state index contributed by atoms with van der Waals surface area (Å²) in [4.78, 5) is 5.09. The molecule has 112 valence electrons. The van der Waals surface area contributed by atoms with Gasteiger partial charge in [0.25, 0.3) is 0 Å². The van der Waals surface area contributed by atoms with Crippen molar-refractivity contribution in [1.29, 1.82) is 0 Å². The van der Waals surface area contributed by atoms with Crippen LogP contribution in [-0.4, -0.2) is 62.2 Å². The summed E-state index contributed by atoms with van der Waals surface area (Å²) in [5.41, 5.74) is 0. The van der Waals surface area contributed by atoms with E-state index in [0.717, 1.165) is 11.8 Å². The maximum Gasteiger partial charge on any atom is 0.00680 e. The molecule has 2 aliphatic rings. The number of hydrogen-bond acceptors (Lipinski definition) is 3. The van der Waals surface area contributed by atoms with Gasteiger partial charge in [-0.2, -0.15) is 0 Å². The summed E-state index contributed by atoms with van der Waals surface area (Å²) in [5, 5.41) is 3.80. The van der Waals surface area contributed by atoms with Crippen molar-refractivity contribution in [3.63, 3.8) is 0 Å². The standard InChI is InChI=1S/C16H33N3/c1-14(13-19-8-4-5-9-19)12-17-15(2)16-6-10-18(3)11-7-16/h14-17H,4-13H2,1-3H3. The molecule has 2 fully saturated rings. The molecule has 0 amide bonds. The first-order valence-electron chi connectivity index (χ1n) is 8.29. The van der Waals surface area contributed by atoms with Crippen LogP contribution in [0.5, 0.6) is 0 Å². The number of hydrogen-bond donors (Lipinski definition) is 1. The average molecular weight is 267 g/mol. The van der Waals surface area contributed by atoms with E-state index in [2.05, 4.69) is 36.0 Å². The predicted molar refractivity (Wildman–Crippen MR) is 82.5 cm³/mol. The highest BCUT2D eigenvalue weighted by Crippen LogP contribution is 2.19. The number of rotatable bonds is 6. The Balaban J connectivity index is 1.60. The zero-order chi connectivity index (χ0) is 13.7. The molecule has 0 aromatic rings. The Bertz CT molecular complexity index is 242. The lowest BCUT2D eigenvalue weighted by Crippen LogP contribution is -2.43. The molecule has 2 saturated heterocycles. The number of nitrogens with zero attached hydrogens (tertiary/aromatic N) is 2. The van der Waals surface area contributed by atoms with Crippen molar-refractivity contribution < 1.29 is 0 Å². The van der Waals surface area contributed by atoms with Crippen LogP contribution < -0.4 is 5.32 Å². The molecule has 0 saturated carbocycles. The van der Waals surface area contributed by atoms with Crippen molar-refractivity contribution in [3.05, 3.63) is 0 Å². The minimum absolute atomic E-state index is 0.690. The lowest BCUT2D eigenvalue weighted by molar-refractivity contribution is 0.185. The van der Waals surface area contributed by atoms with Crippen molar-refractivity contribution in [2.45, 2.75) is 45.6 Å². The minimum atomic E-state index is 0.690. The molecule has 3 nitrogen and oxygen atoms in total. The molecule has 2 aliphatic heterocycles. The second-order valence-corrected chi connectivity index (χ2v) is 6.95. The molecule has 0 aliphatic carbocycles. The molecule has 0 spiro atoms. The number of piperidine rings is 1. The molecule has 0 aromatic heterocycles. The molecule has 1 N–H and O–H groups in total. The van der Waals surface area contributed by atoms with E-state index in [9.17, 15) is 0 Å². The summed E-state index contributed by atoms with van der Waals surface area (Å²) in [6.07, 6.45) is 5.55. The molecule has 0 radical (unpaired) electrons. The maximum absolute atomic E-state index is 3.80. The Labute approximate surface area is 119 Å². The summed E-state index contributed by atoms with van der Waals surface area (Å²) in [5.74, 6) is 1.67. The average Bonchev–Trinajstić information content (AvgIpc) is 2.89. The monoisotopic (exact) mass is 267 g/mol. The number of nitrogens with one attached hydrogen (secondary N) is 1. The Morgan fingerprint density at radius 1 is 1.05 bits per heavy atom. The van der Waals surface area contributed by atoms with Gasteiger partial charge in [0.2, 0.25) is 0 Å². The van der Waals surface area contributed by atoms with Gasteiger partial charge in [-0.15, -0.1) is 0 Å². The van der Waals surface area contributed by atoms with Gasteiger partial charge in [0.1, 0.15) is 0 Å². The third kappa shape index (κ3) is 5.05. The Hall–Kier alpha value is -0.120. The van der Waals surface area contributed by atoms with Gasteiger partial charge in [0.05, 0.1) is 0 Å². The van der Waals surface area contributed by atoms with Crippen LogP contribution in [0, 0.1) is 11.8 Å². The lowest BCUT2D eigenvalue weighted by atomic mass is 9.90. The molecule has 3 heteroatoms. The molecule has 2 atom stereocenters. The Morgan fingerprint density at radius 3 is 2.32 bits per heavy atom. The lowest BCUT2D eigenvalue weighted by Gasteiger charge is -2.34. The van der Waals surface area contributed by atoms with E-state index in [0.29, 0.717) is 6.04 Å². The largest absolute Gasteiger partial charge is 0.314 e. The molecule has 2 unspecified atom stereocenters. The van der Waals surface area contributed by atoms with Crippen LogP contribution >= 0.6 is 0 Å². The van der Waals surface area contributed by atoms with Crippen LogP contribution in [0.3, 0.4) is 0 Å². The van der Waals surface area contributed by atoms with Crippen molar-refractivity contribution in [3.8, 4) is 0 Å². The van der Waals surface area contributed by atoms with Crippen LogP contribution in [0.1, 0.15) is 39.5 Å². The van der Waals surface area contributed by atoms with Crippen LogP contribution in [0.15, 0.2) is 0 Å². The van der Waals surface area contributed by atoms with Crippen LogP contribution in [0.2, 0.25) is 0 Å². The van der Waals surface area contributed by atoms with E-state index in [1.54, 1.807) is 0 Å². The summed E-state index contributed by atoms with van der Waals surface area (Å²) < 4.78 is 0. The predicted octanol–water partition coefficient (Wildman–Crippen LogP) is 2.04. The fourth-order valence-corrected chi connectivity index (χ4v) is 3.55. The van der Waals surface area contributed by atoms with Gasteiger partial charge in [-0.05, 0) is 84.2 Å². The third-order valence-electron chi connectivity index (χ3n) is 5.03. The molecule has 2 heterocycles. The molecule has 2 rings (SSSR count). The quantitative estimate of drug-likeness (QED) is 0.794. The fraction of sp³-hybridized carbons (Fsp3) is 1.00. The van der Waals surface area contributed by atoms with Gasteiger partial charge in [0, 0.05) is 12.6 Å². The van der Waals surface area contributed by atoms with E-state index in [4.69, 9.17) is 0 Å². The fourth-order valence-electron chi connectivity index (χ4n) is 3.55. The van der Waals surface area contributed by atoms with Crippen LogP contribution in [0.25, 0.3) is 0 Å². The van der Waals surface area contributed by atoms with Crippen molar-refractivity contribution >= 4 is 0 Å². The summed E-state index contributed by atoms with van der Waals surface area (Å²) >= 11 is 0. The molecular formula is C16H33N3. The molecular weight excluding hydrogens is 234 g/mol. The van der Waals surface area contributed by atoms with Gasteiger partial charge < -0.3 is 15.1 Å². The Kier molecular flexibility index (Phi) is 6.11. The molecule has 0 aromatic carbocycles. The third-order valence-corrected chi connectivity index (χ3v) is 5.03. The van der Waals surface area contributed by atoms with Gasteiger partial charge >= 0.3 is 0 Å². The Morgan fingerprint density at radius 2 is 1.68 bits per heavy atom. The zero-order valence-electron chi connectivity index (χ0n) is 13.2. The van der Waals surface area contributed by atoms with E-state index in [1.165, 1.54) is 65.0 Å². The summed E-state index contributed by atoms with van der Waals surface area (Å²) in [7, 11) is 2.24. The minimum Gasteiger partial charge on any atom is -0.314 e. The normalized spacial score (nSPS) is 26.7. The number of likely N-dealkylation sites (tertiary alicyclic amines) is 2. The van der Waals surface area contributed by atoms with Crippen LogP contribution in [0.4, 0.5) is 0 Å². The van der Waals surface area contributed by atoms with Gasteiger partial charge in [-0.25, -0.2) is 0 Å². The maximum atomic E-state index is 3.80. The van der Waals surface area contributed by atoms with E-state index < -0.39 is 0 Å². The first-order valence-corrected chi connectivity index (χ1v) is 8.29. The highest BCUT2D eigenvalue weighted by molar-refractivity contribution is 4.79. The smallest absolute Gasteiger partial charge is 0.00680 e. The van der Waals surface area contributed by atoms with Crippen LogP contribution in [-0.2, 0) is 0 Å². The highest BCUT2D eigenvalue weighted by atomic mass is 15.1. The van der Waals surface area contributed by atoms with Gasteiger partial charge in [-0.1, -0.05) is 6.92 Å². The highest BCUT2D eigenvalue weighted by Gasteiger charge is 2.22. The molecule has 19 heavy (non-hydrogen) atoms. The van der Waals surface area contributed by atoms with E-state index in [-0.39, 0.29) is 0 Å². The first kappa shape index (κ1) is 15.3. The van der Waals surface area contributed by atoms with Crippen molar-refractivity contribution in [2.75, 3.05) is 46.3 Å². The summed E-state index contributed by atoms with van der Waals surface area (Å²) in [6, 6.07) is 0.690. The van der Waals surface area contributed by atoms with Gasteiger partial charge in [-0.3, -0.25) is 0 Å². The zero-order valence-corrected chi connectivity index (χ0v) is 13.2. The van der Waals surface area contributed by atoms with Crippen molar-refractivity contribution in [1.82, 2.24) is 15.1 Å². The second kappa shape index (κ2) is 7.61. The van der Waals surface area contributed by atoms with E-state index >= 15 is 0 Å². The SMILES string of the molecule is CC(CNC(C)C1CCN(C)CC1)CN1CCCC1. The summed E-state index contributed by atoms with van der Waals surface area (Å²) in [6.45, 7) is 12.5. The van der Waals surface area contributed by atoms with Gasteiger partial charge in [0.15, 0.2) is 0 Å². The topological polar surface area (TPSA) is 18.5 Å². The van der Waals surface area contributed by atoms with E-state index in [1.807, 2.05) is 0 Å². The first-order chi connectivity index (χ1) is 9.15.